The van der Waals surface area contributed by atoms with Crippen molar-refractivity contribution in [2.45, 2.75) is 6.42 Å². The zero-order chi connectivity index (χ0) is 13.7. The van der Waals surface area contributed by atoms with Crippen LogP contribution in [0.25, 0.3) is 11.1 Å². The lowest BCUT2D eigenvalue weighted by Gasteiger charge is -2.13. The zero-order valence-corrected chi connectivity index (χ0v) is 11.9. The fraction of sp³-hybridized carbons (Fsp3) is 0.294. The second kappa shape index (κ2) is 6.39. The molecule has 0 fully saturated rings. The molecule has 0 radical (unpaired) electrons. The predicted molar refractivity (Wildman–Crippen MR) is 80.7 cm³/mol. The molecule has 0 unspecified atom stereocenters. The summed E-state index contributed by atoms with van der Waals surface area (Å²) in [6.07, 6.45) is 1.06. The van der Waals surface area contributed by atoms with Crippen LogP contribution in [0.3, 0.4) is 0 Å². The molecule has 0 spiro atoms. The fourth-order valence-electron chi connectivity index (χ4n) is 2.15. The smallest absolute Gasteiger partial charge is 0.119 e. The average Bonchev–Trinajstić information content (AvgIpc) is 2.45. The van der Waals surface area contributed by atoms with Crippen LogP contribution >= 0.6 is 0 Å². The van der Waals surface area contributed by atoms with Crippen LogP contribution in [0, 0.1) is 0 Å². The topological polar surface area (TPSA) is 12.5 Å². The second-order valence-electron chi connectivity index (χ2n) is 4.94. The summed E-state index contributed by atoms with van der Waals surface area (Å²) in [5.41, 5.74) is 3.89. The maximum atomic E-state index is 5.31. The van der Waals surface area contributed by atoms with Gasteiger partial charge in [-0.2, -0.15) is 0 Å². The minimum Gasteiger partial charge on any atom is -0.497 e. The highest BCUT2D eigenvalue weighted by atomic mass is 16.5. The van der Waals surface area contributed by atoms with Crippen LogP contribution in [0.15, 0.2) is 48.5 Å². The standard InChI is InChI=1S/C17H21NO/c1-18(2)12-11-14-7-4-5-10-17(14)15-8-6-9-16(13-15)19-3/h4-10,13H,11-12H2,1-3H3. The van der Waals surface area contributed by atoms with E-state index in [-0.39, 0.29) is 0 Å². The summed E-state index contributed by atoms with van der Waals surface area (Å²) in [6, 6.07) is 16.8. The van der Waals surface area contributed by atoms with Gasteiger partial charge in [-0.25, -0.2) is 0 Å². The van der Waals surface area contributed by atoms with Crippen LogP contribution in [0.5, 0.6) is 5.75 Å². The van der Waals surface area contributed by atoms with Crippen LogP contribution in [-0.4, -0.2) is 32.6 Å². The Labute approximate surface area is 115 Å². The predicted octanol–water partition coefficient (Wildman–Crippen LogP) is 3.47. The van der Waals surface area contributed by atoms with Gasteiger partial charge in [0.25, 0.3) is 0 Å². The van der Waals surface area contributed by atoms with Crippen molar-refractivity contribution < 1.29 is 4.74 Å². The van der Waals surface area contributed by atoms with Crippen molar-refractivity contribution in [3.05, 3.63) is 54.1 Å². The van der Waals surface area contributed by atoms with Gasteiger partial charge in [0.2, 0.25) is 0 Å². The van der Waals surface area contributed by atoms with Crippen LogP contribution in [0.1, 0.15) is 5.56 Å². The molecule has 2 nitrogen and oxygen atoms in total. The Balaban J connectivity index is 2.32. The summed E-state index contributed by atoms with van der Waals surface area (Å²) in [5, 5.41) is 0. The summed E-state index contributed by atoms with van der Waals surface area (Å²) in [5.74, 6) is 0.903. The minimum absolute atomic E-state index is 0.903. The molecular formula is C17H21NO. The highest BCUT2D eigenvalue weighted by molar-refractivity contribution is 5.68. The maximum absolute atomic E-state index is 5.31. The van der Waals surface area contributed by atoms with Crippen molar-refractivity contribution in [1.29, 1.82) is 0 Å². The lowest BCUT2D eigenvalue weighted by Crippen LogP contribution is -2.15. The molecule has 0 atom stereocenters. The van der Waals surface area contributed by atoms with Crippen molar-refractivity contribution in [2.24, 2.45) is 0 Å². The van der Waals surface area contributed by atoms with Gasteiger partial charge in [-0.1, -0.05) is 36.4 Å². The van der Waals surface area contributed by atoms with Gasteiger partial charge in [-0.15, -0.1) is 0 Å². The molecule has 0 aliphatic rings. The zero-order valence-electron chi connectivity index (χ0n) is 11.9. The highest BCUT2D eigenvalue weighted by Gasteiger charge is 2.05. The van der Waals surface area contributed by atoms with E-state index in [0.717, 1.165) is 18.7 Å². The number of benzene rings is 2. The van der Waals surface area contributed by atoms with E-state index in [1.165, 1.54) is 16.7 Å². The molecule has 0 aromatic heterocycles. The Hall–Kier alpha value is -1.80. The van der Waals surface area contributed by atoms with E-state index in [2.05, 4.69) is 55.4 Å². The van der Waals surface area contributed by atoms with Crippen molar-refractivity contribution in [1.82, 2.24) is 4.90 Å². The third-order valence-electron chi connectivity index (χ3n) is 3.23. The average molecular weight is 255 g/mol. The van der Waals surface area contributed by atoms with E-state index in [9.17, 15) is 0 Å². The molecule has 0 bridgehead atoms. The molecular weight excluding hydrogens is 234 g/mol. The van der Waals surface area contributed by atoms with Gasteiger partial charge in [-0.05, 0) is 49.3 Å². The van der Waals surface area contributed by atoms with Gasteiger partial charge in [0.1, 0.15) is 5.75 Å². The first-order chi connectivity index (χ1) is 9.20. The summed E-state index contributed by atoms with van der Waals surface area (Å²) in [4.78, 5) is 2.21. The van der Waals surface area contributed by atoms with Crippen molar-refractivity contribution in [2.75, 3.05) is 27.7 Å². The Kier molecular flexibility index (Phi) is 4.58. The fourth-order valence-corrected chi connectivity index (χ4v) is 2.15. The molecule has 2 aromatic rings. The normalized spacial score (nSPS) is 10.7. The molecule has 0 aliphatic heterocycles. The van der Waals surface area contributed by atoms with Gasteiger partial charge < -0.3 is 9.64 Å². The molecule has 19 heavy (non-hydrogen) atoms. The molecule has 2 heteroatoms. The highest BCUT2D eigenvalue weighted by Crippen LogP contribution is 2.27. The molecule has 0 aliphatic carbocycles. The summed E-state index contributed by atoms with van der Waals surface area (Å²) >= 11 is 0. The van der Waals surface area contributed by atoms with Gasteiger partial charge in [0, 0.05) is 6.54 Å². The maximum Gasteiger partial charge on any atom is 0.119 e. The first-order valence-electron chi connectivity index (χ1n) is 6.58. The minimum atomic E-state index is 0.903. The summed E-state index contributed by atoms with van der Waals surface area (Å²) < 4.78 is 5.31. The monoisotopic (exact) mass is 255 g/mol. The van der Waals surface area contributed by atoms with E-state index in [4.69, 9.17) is 4.74 Å². The molecule has 2 aromatic carbocycles. The number of rotatable bonds is 5. The molecule has 0 heterocycles. The van der Waals surface area contributed by atoms with Crippen molar-refractivity contribution in [3.8, 4) is 16.9 Å². The first kappa shape index (κ1) is 13.6. The van der Waals surface area contributed by atoms with Gasteiger partial charge in [-0.3, -0.25) is 0 Å². The SMILES string of the molecule is COc1cccc(-c2ccccc2CCN(C)C)c1. The molecule has 0 amide bonds. The number of methoxy groups -OCH3 is 1. The Bertz CT molecular complexity index is 534. The van der Waals surface area contributed by atoms with E-state index in [0.29, 0.717) is 0 Å². The van der Waals surface area contributed by atoms with E-state index in [1.807, 2.05) is 12.1 Å². The Morgan fingerprint density at radius 1 is 1.00 bits per heavy atom. The van der Waals surface area contributed by atoms with Crippen LogP contribution in [0.4, 0.5) is 0 Å². The summed E-state index contributed by atoms with van der Waals surface area (Å²) in [6.45, 7) is 1.06. The number of nitrogens with zero attached hydrogens (tertiary/aromatic N) is 1. The molecule has 2 rings (SSSR count). The Morgan fingerprint density at radius 3 is 2.53 bits per heavy atom. The number of likely N-dealkylation sites (N-methyl/N-ethyl adjacent to an activating group) is 1. The van der Waals surface area contributed by atoms with Crippen molar-refractivity contribution in [3.63, 3.8) is 0 Å². The number of hydrogen-bond acceptors (Lipinski definition) is 2. The third-order valence-corrected chi connectivity index (χ3v) is 3.23. The number of hydrogen-bond donors (Lipinski definition) is 0. The molecule has 0 saturated heterocycles. The van der Waals surface area contributed by atoms with Crippen LogP contribution < -0.4 is 4.74 Å². The van der Waals surface area contributed by atoms with Crippen LogP contribution in [-0.2, 0) is 6.42 Å². The third kappa shape index (κ3) is 3.58. The Morgan fingerprint density at radius 2 is 1.79 bits per heavy atom. The largest absolute Gasteiger partial charge is 0.497 e. The molecule has 0 N–H and O–H groups in total. The van der Waals surface area contributed by atoms with Gasteiger partial charge >= 0.3 is 0 Å². The van der Waals surface area contributed by atoms with Crippen molar-refractivity contribution >= 4 is 0 Å². The lowest BCUT2D eigenvalue weighted by molar-refractivity contribution is 0.413. The number of ether oxygens (including phenoxy) is 1. The molecule has 100 valence electrons. The van der Waals surface area contributed by atoms with Gasteiger partial charge in [0.15, 0.2) is 0 Å². The quantitative estimate of drug-likeness (QED) is 0.811. The van der Waals surface area contributed by atoms with E-state index in [1.54, 1.807) is 7.11 Å². The lowest BCUT2D eigenvalue weighted by atomic mass is 9.97. The summed E-state index contributed by atoms with van der Waals surface area (Å²) in [7, 11) is 5.92. The second-order valence-corrected chi connectivity index (χ2v) is 4.94. The molecule has 0 saturated carbocycles. The van der Waals surface area contributed by atoms with E-state index >= 15 is 0 Å². The van der Waals surface area contributed by atoms with Crippen LogP contribution in [0.2, 0.25) is 0 Å². The van der Waals surface area contributed by atoms with Gasteiger partial charge in [0.05, 0.1) is 7.11 Å². The van der Waals surface area contributed by atoms with E-state index < -0.39 is 0 Å². The first-order valence-corrected chi connectivity index (χ1v) is 6.58.